The summed E-state index contributed by atoms with van der Waals surface area (Å²) in [5.41, 5.74) is 0. The summed E-state index contributed by atoms with van der Waals surface area (Å²) in [4.78, 5) is 0. The second-order valence-corrected chi connectivity index (χ2v) is 26.4. The summed E-state index contributed by atoms with van der Waals surface area (Å²) in [6.45, 7) is 19.8. The SMILES string of the molecule is C[Si](C)(C)O[Si](O[Si](C)(C)C)(O[Si](C)(C)C)c1ccc(Br)cc1. The van der Waals surface area contributed by atoms with E-state index in [2.05, 4.69) is 87.0 Å². The average Bonchev–Trinajstić information content (AvgIpc) is 2.21. The van der Waals surface area contributed by atoms with Gasteiger partial charge in [-0.2, -0.15) is 0 Å². The Hall–Kier alpha value is 0.448. The molecule has 3 nitrogen and oxygen atoms in total. The maximum atomic E-state index is 6.69. The van der Waals surface area contributed by atoms with Crippen molar-refractivity contribution in [1.82, 2.24) is 0 Å². The number of halogens is 1. The lowest BCUT2D eigenvalue weighted by atomic mass is 10.4. The van der Waals surface area contributed by atoms with E-state index in [0.717, 1.165) is 9.66 Å². The standard InChI is InChI=1S/C15H31BrO3Si4/c1-20(2,3)17-23(18-21(4,5)6,19-22(7,8)9)15-12-10-14(16)11-13-15/h10-13H,1-9H3. The van der Waals surface area contributed by atoms with Gasteiger partial charge in [0.05, 0.1) is 0 Å². The largest absolute Gasteiger partial charge is 0.505 e. The molecule has 0 bridgehead atoms. The molecule has 0 spiro atoms. The van der Waals surface area contributed by atoms with Crippen LogP contribution in [0.4, 0.5) is 0 Å². The molecule has 132 valence electrons. The third-order valence-corrected chi connectivity index (χ3v) is 14.7. The highest BCUT2D eigenvalue weighted by Gasteiger charge is 2.51. The van der Waals surface area contributed by atoms with Gasteiger partial charge in [0.1, 0.15) is 0 Å². The quantitative estimate of drug-likeness (QED) is 0.537. The van der Waals surface area contributed by atoms with Crippen LogP contribution in [0, 0.1) is 0 Å². The lowest BCUT2D eigenvalue weighted by Gasteiger charge is -2.42. The van der Waals surface area contributed by atoms with Gasteiger partial charge in [-0.15, -0.1) is 0 Å². The van der Waals surface area contributed by atoms with Crippen LogP contribution in [0.25, 0.3) is 0 Å². The molecule has 0 N–H and O–H groups in total. The summed E-state index contributed by atoms with van der Waals surface area (Å²) in [6.07, 6.45) is 0. The number of rotatable bonds is 7. The molecule has 0 aliphatic heterocycles. The van der Waals surface area contributed by atoms with Crippen molar-refractivity contribution < 1.29 is 12.3 Å². The fraction of sp³-hybridized carbons (Fsp3) is 0.600. The Balaban J connectivity index is 3.46. The zero-order valence-corrected chi connectivity index (χ0v) is 21.5. The molecular weight excluding hydrogens is 420 g/mol. The first kappa shape index (κ1) is 21.5. The lowest BCUT2D eigenvalue weighted by Crippen LogP contribution is -2.67. The van der Waals surface area contributed by atoms with Crippen molar-refractivity contribution in [2.45, 2.75) is 58.9 Å². The van der Waals surface area contributed by atoms with E-state index in [9.17, 15) is 0 Å². The Morgan fingerprint density at radius 1 is 0.609 bits per heavy atom. The van der Waals surface area contributed by atoms with Crippen LogP contribution < -0.4 is 5.19 Å². The molecule has 8 heteroatoms. The van der Waals surface area contributed by atoms with E-state index in [1.165, 1.54) is 0 Å². The summed E-state index contributed by atoms with van der Waals surface area (Å²) in [6, 6.07) is 8.28. The van der Waals surface area contributed by atoms with E-state index in [1.54, 1.807) is 0 Å². The van der Waals surface area contributed by atoms with Gasteiger partial charge >= 0.3 is 8.80 Å². The summed E-state index contributed by atoms with van der Waals surface area (Å²) >= 11 is 3.52. The monoisotopic (exact) mass is 450 g/mol. The molecule has 0 aromatic heterocycles. The lowest BCUT2D eigenvalue weighted by molar-refractivity contribution is 0.273. The van der Waals surface area contributed by atoms with Gasteiger partial charge in [0.15, 0.2) is 25.0 Å². The van der Waals surface area contributed by atoms with Crippen LogP contribution in [0.15, 0.2) is 28.7 Å². The first-order valence-electron chi connectivity index (χ1n) is 7.99. The minimum absolute atomic E-state index is 1.05. The van der Waals surface area contributed by atoms with Crippen molar-refractivity contribution in [3.8, 4) is 0 Å². The van der Waals surface area contributed by atoms with Gasteiger partial charge in [-0.3, -0.25) is 0 Å². The van der Waals surface area contributed by atoms with Gasteiger partial charge in [-0.05, 0) is 71.1 Å². The van der Waals surface area contributed by atoms with E-state index >= 15 is 0 Å². The molecule has 0 amide bonds. The van der Waals surface area contributed by atoms with Crippen LogP contribution in [0.2, 0.25) is 58.9 Å². The van der Waals surface area contributed by atoms with Gasteiger partial charge in [-0.1, -0.05) is 28.1 Å². The fourth-order valence-electron chi connectivity index (χ4n) is 2.10. The van der Waals surface area contributed by atoms with Crippen molar-refractivity contribution >= 4 is 54.9 Å². The predicted molar refractivity (Wildman–Crippen MR) is 113 cm³/mol. The van der Waals surface area contributed by atoms with Gasteiger partial charge < -0.3 is 12.3 Å². The maximum Gasteiger partial charge on any atom is 0.505 e. The molecule has 1 aromatic rings. The van der Waals surface area contributed by atoms with Crippen molar-refractivity contribution in [2.24, 2.45) is 0 Å². The van der Waals surface area contributed by atoms with E-state index in [-0.39, 0.29) is 0 Å². The van der Waals surface area contributed by atoms with Gasteiger partial charge in [0.25, 0.3) is 0 Å². The molecule has 0 atom stereocenters. The molecule has 23 heavy (non-hydrogen) atoms. The number of benzene rings is 1. The molecular formula is C15H31BrO3Si4. The molecule has 0 aliphatic carbocycles. The molecule has 0 saturated heterocycles. The Kier molecular flexibility index (Phi) is 6.88. The zero-order valence-electron chi connectivity index (χ0n) is 15.9. The summed E-state index contributed by atoms with van der Waals surface area (Å²) < 4.78 is 21.1. The third kappa shape index (κ3) is 7.91. The first-order valence-corrected chi connectivity index (χ1v) is 20.7. The Labute approximate surface area is 154 Å². The maximum absolute atomic E-state index is 6.69. The normalized spacial score (nSPS) is 14.2. The molecule has 1 aromatic carbocycles. The summed E-state index contributed by atoms with van der Waals surface area (Å²) in [7, 11) is -8.47. The van der Waals surface area contributed by atoms with E-state index < -0.39 is 33.8 Å². The molecule has 0 aliphatic rings. The van der Waals surface area contributed by atoms with Crippen LogP contribution in [0.5, 0.6) is 0 Å². The summed E-state index contributed by atoms with van der Waals surface area (Å²) in [5.74, 6) is 0. The van der Waals surface area contributed by atoms with Gasteiger partial charge in [0.2, 0.25) is 0 Å². The van der Waals surface area contributed by atoms with Crippen molar-refractivity contribution in [3.63, 3.8) is 0 Å². The second-order valence-electron chi connectivity index (χ2n) is 8.71. The first-order chi connectivity index (χ1) is 10.1. The molecule has 0 saturated carbocycles. The van der Waals surface area contributed by atoms with Crippen LogP contribution in [-0.4, -0.2) is 33.8 Å². The van der Waals surface area contributed by atoms with Gasteiger partial charge in [-0.25, -0.2) is 0 Å². The van der Waals surface area contributed by atoms with E-state index in [1.807, 2.05) is 12.1 Å². The van der Waals surface area contributed by atoms with Crippen LogP contribution in [0.1, 0.15) is 0 Å². The summed E-state index contributed by atoms with van der Waals surface area (Å²) in [5, 5.41) is 1.08. The van der Waals surface area contributed by atoms with Crippen LogP contribution >= 0.6 is 15.9 Å². The Morgan fingerprint density at radius 2 is 0.913 bits per heavy atom. The molecule has 0 heterocycles. The second kappa shape index (κ2) is 7.36. The third-order valence-electron chi connectivity index (χ3n) is 2.52. The fourth-order valence-corrected chi connectivity index (χ4v) is 15.7. The number of hydrogen-bond acceptors (Lipinski definition) is 3. The van der Waals surface area contributed by atoms with E-state index in [4.69, 9.17) is 12.3 Å². The minimum atomic E-state index is -2.94. The molecule has 0 radical (unpaired) electrons. The highest BCUT2D eigenvalue weighted by Crippen LogP contribution is 2.26. The van der Waals surface area contributed by atoms with Gasteiger partial charge in [0, 0.05) is 9.66 Å². The Bertz CT molecular complexity index is 475. The topological polar surface area (TPSA) is 27.7 Å². The molecule has 1 rings (SSSR count). The smallest absolute Gasteiger partial charge is 0.414 e. The minimum Gasteiger partial charge on any atom is -0.414 e. The van der Waals surface area contributed by atoms with Crippen LogP contribution in [-0.2, 0) is 12.3 Å². The molecule has 0 unspecified atom stereocenters. The molecule has 0 fully saturated rings. The van der Waals surface area contributed by atoms with Crippen molar-refractivity contribution in [1.29, 1.82) is 0 Å². The van der Waals surface area contributed by atoms with Crippen molar-refractivity contribution in [3.05, 3.63) is 28.7 Å². The highest BCUT2D eigenvalue weighted by molar-refractivity contribution is 9.10. The average molecular weight is 452 g/mol. The Morgan fingerprint density at radius 3 is 1.17 bits per heavy atom. The van der Waals surface area contributed by atoms with Crippen LogP contribution in [0.3, 0.4) is 0 Å². The zero-order chi connectivity index (χ0) is 18.1. The van der Waals surface area contributed by atoms with Crippen molar-refractivity contribution in [2.75, 3.05) is 0 Å². The predicted octanol–water partition coefficient (Wildman–Crippen LogP) is 5.15. The number of hydrogen-bond donors (Lipinski definition) is 0. The van der Waals surface area contributed by atoms with E-state index in [0.29, 0.717) is 0 Å². The highest BCUT2D eigenvalue weighted by atomic mass is 79.9.